The molecule has 15 heavy (non-hydrogen) atoms. The molecular weight excluding hydrogens is 194 g/mol. The molecule has 0 aliphatic carbocycles. The Morgan fingerprint density at radius 3 is 2.13 bits per heavy atom. The molecule has 0 saturated carbocycles. The highest BCUT2D eigenvalue weighted by molar-refractivity contribution is 4.72. The van der Waals surface area contributed by atoms with Crippen molar-refractivity contribution in [2.24, 2.45) is 0 Å². The number of rotatable bonds is 6. The molecule has 1 rings (SSSR count). The SMILES string of the molecule is CCOC(C)(CN1CCOCC1)OCC. The van der Waals surface area contributed by atoms with E-state index in [0.717, 1.165) is 32.8 Å². The molecule has 4 heteroatoms. The van der Waals surface area contributed by atoms with Gasteiger partial charge in [0.2, 0.25) is 0 Å². The molecule has 90 valence electrons. The van der Waals surface area contributed by atoms with Crippen molar-refractivity contribution in [2.45, 2.75) is 26.6 Å². The summed E-state index contributed by atoms with van der Waals surface area (Å²) in [5, 5.41) is 0. The van der Waals surface area contributed by atoms with E-state index in [9.17, 15) is 0 Å². The quantitative estimate of drug-likeness (QED) is 0.624. The smallest absolute Gasteiger partial charge is 0.178 e. The van der Waals surface area contributed by atoms with Crippen LogP contribution in [0.5, 0.6) is 0 Å². The Morgan fingerprint density at radius 2 is 1.67 bits per heavy atom. The molecule has 0 atom stereocenters. The zero-order valence-electron chi connectivity index (χ0n) is 10.1. The number of nitrogens with zero attached hydrogens (tertiary/aromatic N) is 1. The Labute approximate surface area is 92.5 Å². The molecule has 0 amide bonds. The maximum absolute atomic E-state index is 5.67. The first kappa shape index (κ1) is 12.9. The number of hydrogen-bond donors (Lipinski definition) is 0. The van der Waals surface area contributed by atoms with Gasteiger partial charge >= 0.3 is 0 Å². The summed E-state index contributed by atoms with van der Waals surface area (Å²) in [4.78, 5) is 2.33. The molecular formula is C11H23NO3. The summed E-state index contributed by atoms with van der Waals surface area (Å²) in [6, 6.07) is 0. The minimum Gasteiger partial charge on any atom is -0.379 e. The van der Waals surface area contributed by atoms with Gasteiger partial charge in [0.25, 0.3) is 0 Å². The van der Waals surface area contributed by atoms with Gasteiger partial charge in [0.05, 0.1) is 19.8 Å². The van der Waals surface area contributed by atoms with Gasteiger partial charge in [0, 0.05) is 26.3 Å². The van der Waals surface area contributed by atoms with Gasteiger partial charge in [0.1, 0.15) is 0 Å². The highest BCUT2D eigenvalue weighted by atomic mass is 16.7. The lowest BCUT2D eigenvalue weighted by molar-refractivity contribution is -0.232. The fourth-order valence-corrected chi connectivity index (χ4v) is 1.91. The molecule has 0 aromatic heterocycles. The first-order chi connectivity index (χ1) is 7.20. The lowest BCUT2D eigenvalue weighted by Crippen LogP contribution is -2.48. The van der Waals surface area contributed by atoms with Crippen molar-refractivity contribution in [3.05, 3.63) is 0 Å². The largest absolute Gasteiger partial charge is 0.379 e. The van der Waals surface area contributed by atoms with Crippen molar-refractivity contribution in [1.82, 2.24) is 4.90 Å². The van der Waals surface area contributed by atoms with Gasteiger partial charge in [-0.3, -0.25) is 4.90 Å². The molecule has 4 nitrogen and oxygen atoms in total. The number of morpholine rings is 1. The summed E-state index contributed by atoms with van der Waals surface area (Å²) in [5.41, 5.74) is 0. The third-order valence-corrected chi connectivity index (χ3v) is 2.51. The molecule has 1 fully saturated rings. The van der Waals surface area contributed by atoms with E-state index >= 15 is 0 Å². The molecule has 0 N–H and O–H groups in total. The first-order valence-electron chi connectivity index (χ1n) is 5.78. The van der Waals surface area contributed by atoms with Crippen molar-refractivity contribution < 1.29 is 14.2 Å². The molecule has 1 heterocycles. The Hall–Kier alpha value is -0.160. The topological polar surface area (TPSA) is 30.9 Å². The van der Waals surface area contributed by atoms with Crippen LogP contribution in [-0.4, -0.2) is 56.7 Å². The Morgan fingerprint density at radius 1 is 1.13 bits per heavy atom. The normalized spacial score (nSPS) is 19.4. The first-order valence-corrected chi connectivity index (χ1v) is 5.78. The van der Waals surface area contributed by atoms with Crippen LogP contribution in [0.1, 0.15) is 20.8 Å². The van der Waals surface area contributed by atoms with Crippen LogP contribution in [0.25, 0.3) is 0 Å². The third-order valence-electron chi connectivity index (χ3n) is 2.51. The summed E-state index contributed by atoms with van der Waals surface area (Å²) in [6.07, 6.45) is 0. The lowest BCUT2D eigenvalue weighted by atomic mass is 10.2. The van der Waals surface area contributed by atoms with Crippen LogP contribution in [0, 0.1) is 0 Å². The lowest BCUT2D eigenvalue weighted by Gasteiger charge is -2.36. The van der Waals surface area contributed by atoms with Crippen molar-refractivity contribution in [3.8, 4) is 0 Å². The van der Waals surface area contributed by atoms with Crippen molar-refractivity contribution in [3.63, 3.8) is 0 Å². The van der Waals surface area contributed by atoms with Crippen molar-refractivity contribution in [1.29, 1.82) is 0 Å². The second-order valence-corrected chi connectivity index (χ2v) is 3.89. The molecule has 0 radical (unpaired) electrons. The minimum atomic E-state index is -0.471. The highest BCUT2D eigenvalue weighted by Crippen LogP contribution is 2.15. The number of ether oxygens (including phenoxy) is 3. The van der Waals surface area contributed by atoms with E-state index in [0.29, 0.717) is 13.2 Å². The van der Waals surface area contributed by atoms with E-state index in [1.54, 1.807) is 0 Å². The molecule has 1 saturated heterocycles. The zero-order valence-corrected chi connectivity index (χ0v) is 10.1. The van der Waals surface area contributed by atoms with E-state index in [-0.39, 0.29) is 0 Å². The van der Waals surface area contributed by atoms with Crippen LogP contribution in [0.15, 0.2) is 0 Å². The van der Waals surface area contributed by atoms with Crippen LogP contribution in [0.3, 0.4) is 0 Å². The van der Waals surface area contributed by atoms with Gasteiger partial charge in [-0.15, -0.1) is 0 Å². The predicted octanol–water partition coefficient (Wildman–Crippen LogP) is 1.11. The Bertz CT molecular complexity index is 163. The second kappa shape index (κ2) is 6.43. The third kappa shape index (κ3) is 4.47. The Balaban J connectivity index is 2.40. The van der Waals surface area contributed by atoms with Gasteiger partial charge in [-0.25, -0.2) is 0 Å². The molecule has 0 aromatic rings. The molecule has 1 aliphatic rings. The van der Waals surface area contributed by atoms with Crippen LogP contribution < -0.4 is 0 Å². The number of hydrogen-bond acceptors (Lipinski definition) is 4. The standard InChI is InChI=1S/C11H23NO3/c1-4-14-11(3,15-5-2)10-12-6-8-13-9-7-12/h4-10H2,1-3H3. The van der Waals surface area contributed by atoms with Crippen LogP contribution in [0.4, 0.5) is 0 Å². The van der Waals surface area contributed by atoms with Crippen molar-refractivity contribution in [2.75, 3.05) is 46.1 Å². The van der Waals surface area contributed by atoms with E-state index < -0.39 is 5.79 Å². The van der Waals surface area contributed by atoms with Gasteiger partial charge in [-0.1, -0.05) is 0 Å². The van der Waals surface area contributed by atoms with Gasteiger partial charge in [-0.05, 0) is 20.8 Å². The minimum absolute atomic E-state index is 0.471. The van der Waals surface area contributed by atoms with Crippen LogP contribution >= 0.6 is 0 Å². The highest BCUT2D eigenvalue weighted by Gasteiger charge is 2.28. The summed E-state index contributed by atoms with van der Waals surface area (Å²) in [6.45, 7) is 11.7. The monoisotopic (exact) mass is 217 g/mol. The van der Waals surface area contributed by atoms with E-state index in [2.05, 4.69) is 4.90 Å². The molecule has 0 unspecified atom stereocenters. The van der Waals surface area contributed by atoms with Gasteiger partial charge < -0.3 is 14.2 Å². The van der Waals surface area contributed by atoms with Crippen LogP contribution in [-0.2, 0) is 14.2 Å². The van der Waals surface area contributed by atoms with E-state index in [1.165, 1.54) is 0 Å². The summed E-state index contributed by atoms with van der Waals surface area (Å²) in [5.74, 6) is -0.471. The fraction of sp³-hybridized carbons (Fsp3) is 1.00. The van der Waals surface area contributed by atoms with E-state index in [4.69, 9.17) is 14.2 Å². The average Bonchev–Trinajstić information content (AvgIpc) is 2.19. The van der Waals surface area contributed by atoms with Crippen LogP contribution in [0.2, 0.25) is 0 Å². The second-order valence-electron chi connectivity index (χ2n) is 3.89. The zero-order chi connectivity index (χ0) is 11.1. The predicted molar refractivity (Wildman–Crippen MR) is 58.9 cm³/mol. The molecule has 0 aromatic carbocycles. The fourth-order valence-electron chi connectivity index (χ4n) is 1.91. The van der Waals surface area contributed by atoms with Crippen molar-refractivity contribution >= 4 is 0 Å². The summed E-state index contributed by atoms with van der Waals surface area (Å²) >= 11 is 0. The van der Waals surface area contributed by atoms with E-state index in [1.807, 2.05) is 20.8 Å². The van der Waals surface area contributed by atoms with Gasteiger partial charge in [0.15, 0.2) is 5.79 Å². The maximum atomic E-state index is 5.67. The van der Waals surface area contributed by atoms with Gasteiger partial charge in [-0.2, -0.15) is 0 Å². The Kier molecular flexibility index (Phi) is 5.53. The summed E-state index contributed by atoms with van der Waals surface area (Å²) < 4.78 is 16.6. The average molecular weight is 217 g/mol. The molecule has 0 bridgehead atoms. The summed E-state index contributed by atoms with van der Waals surface area (Å²) in [7, 11) is 0. The maximum Gasteiger partial charge on any atom is 0.178 e. The molecule has 1 aliphatic heterocycles. The molecule has 0 spiro atoms.